The van der Waals surface area contributed by atoms with Crippen LogP contribution in [-0.4, -0.2) is 17.6 Å². The van der Waals surface area contributed by atoms with Gasteiger partial charge in [0.25, 0.3) is 0 Å². The molecular formula is C17H26N2. The van der Waals surface area contributed by atoms with Crippen molar-refractivity contribution in [3.8, 4) is 0 Å². The lowest BCUT2D eigenvalue weighted by atomic mass is 9.69. The molecule has 1 aromatic heterocycles. The van der Waals surface area contributed by atoms with Crippen LogP contribution < -0.4 is 5.32 Å². The van der Waals surface area contributed by atoms with Crippen LogP contribution in [0.4, 0.5) is 0 Å². The number of hydrogen-bond donors (Lipinski definition) is 1. The van der Waals surface area contributed by atoms with Crippen molar-refractivity contribution in [1.29, 1.82) is 0 Å². The molecule has 1 aromatic rings. The van der Waals surface area contributed by atoms with Crippen LogP contribution in [0.25, 0.3) is 0 Å². The SMILES string of the molecule is CC1(C)C2CCC1(C)C(NCCc1ccccn1)C2. The highest BCUT2D eigenvalue weighted by atomic mass is 15.0. The molecule has 104 valence electrons. The molecule has 3 rings (SSSR count). The minimum absolute atomic E-state index is 0.488. The molecule has 0 radical (unpaired) electrons. The third-order valence-corrected chi connectivity index (χ3v) is 6.29. The summed E-state index contributed by atoms with van der Waals surface area (Å²) in [6, 6.07) is 6.87. The Balaban J connectivity index is 1.58. The first-order valence-corrected chi connectivity index (χ1v) is 7.67. The van der Waals surface area contributed by atoms with E-state index in [1.54, 1.807) is 0 Å². The second-order valence-corrected chi connectivity index (χ2v) is 7.19. The second-order valence-electron chi connectivity index (χ2n) is 7.19. The molecule has 2 heteroatoms. The van der Waals surface area contributed by atoms with Crippen molar-refractivity contribution >= 4 is 0 Å². The minimum Gasteiger partial charge on any atom is -0.313 e. The van der Waals surface area contributed by atoms with Crippen LogP contribution in [0, 0.1) is 16.7 Å². The molecule has 0 aliphatic heterocycles. The third kappa shape index (κ3) is 2.01. The Morgan fingerprint density at radius 1 is 1.32 bits per heavy atom. The Labute approximate surface area is 117 Å². The highest BCUT2D eigenvalue weighted by molar-refractivity contribution is 5.13. The zero-order valence-electron chi connectivity index (χ0n) is 12.4. The number of fused-ring (bicyclic) bond motifs is 2. The molecule has 0 amide bonds. The molecule has 2 aliphatic carbocycles. The largest absolute Gasteiger partial charge is 0.313 e. The number of rotatable bonds is 4. The monoisotopic (exact) mass is 258 g/mol. The first kappa shape index (κ1) is 13.1. The fraction of sp³-hybridized carbons (Fsp3) is 0.706. The zero-order valence-corrected chi connectivity index (χ0v) is 12.4. The van der Waals surface area contributed by atoms with Gasteiger partial charge in [-0.1, -0.05) is 26.8 Å². The van der Waals surface area contributed by atoms with Crippen molar-refractivity contribution in [3.05, 3.63) is 30.1 Å². The summed E-state index contributed by atoms with van der Waals surface area (Å²) in [7, 11) is 0. The second kappa shape index (κ2) is 4.59. The van der Waals surface area contributed by atoms with Crippen molar-refractivity contribution in [2.75, 3.05) is 6.54 Å². The van der Waals surface area contributed by atoms with Crippen LogP contribution in [0.2, 0.25) is 0 Å². The van der Waals surface area contributed by atoms with Gasteiger partial charge < -0.3 is 5.32 Å². The fourth-order valence-corrected chi connectivity index (χ4v) is 4.43. The average Bonchev–Trinajstić information content (AvgIpc) is 2.73. The van der Waals surface area contributed by atoms with Crippen LogP contribution in [0.15, 0.2) is 24.4 Å². The molecule has 1 N–H and O–H groups in total. The van der Waals surface area contributed by atoms with E-state index in [4.69, 9.17) is 0 Å². The molecule has 3 unspecified atom stereocenters. The van der Waals surface area contributed by atoms with Gasteiger partial charge in [0.15, 0.2) is 0 Å². The Morgan fingerprint density at radius 2 is 2.16 bits per heavy atom. The standard InChI is InChI=1S/C17H26N2/c1-16(2)13-7-9-17(16,3)15(12-13)19-11-8-14-6-4-5-10-18-14/h4-6,10,13,15,19H,7-9,11-12H2,1-3H3. The third-order valence-electron chi connectivity index (χ3n) is 6.29. The number of hydrogen-bond acceptors (Lipinski definition) is 2. The Bertz CT molecular complexity index is 440. The summed E-state index contributed by atoms with van der Waals surface area (Å²) in [5, 5.41) is 3.82. The summed E-state index contributed by atoms with van der Waals surface area (Å²) in [6.45, 7) is 8.51. The van der Waals surface area contributed by atoms with Gasteiger partial charge in [-0.2, -0.15) is 0 Å². The smallest absolute Gasteiger partial charge is 0.0416 e. The number of nitrogens with one attached hydrogen (secondary N) is 1. The van der Waals surface area contributed by atoms with E-state index in [1.165, 1.54) is 25.0 Å². The van der Waals surface area contributed by atoms with Crippen LogP contribution in [0.5, 0.6) is 0 Å². The summed E-state index contributed by atoms with van der Waals surface area (Å²) < 4.78 is 0. The normalized spacial score (nSPS) is 35.7. The predicted octanol–water partition coefficient (Wildman–Crippen LogP) is 3.43. The zero-order chi connectivity index (χ0) is 13.5. The minimum atomic E-state index is 0.488. The lowest BCUT2D eigenvalue weighted by Gasteiger charge is -2.39. The summed E-state index contributed by atoms with van der Waals surface area (Å²) in [5.41, 5.74) is 2.19. The van der Waals surface area contributed by atoms with E-state index in [0.717, 1.165) is 18.9 Å². The molecule has 0 saturated heterocycles. The molecule has 2 aliphatic rings. The lowest BCUT2D eigenvalue weighted by molar-refractivity contribution is 0.121. The maximum atomic E-state index is 4.40. The molecule has 19 heavy (non-hydrogen) atoms. The van der Waals surface area contributed by atoms with Gasteiger partial charge in [-0.15, -0.1) is 0 Å². The Morgan fingerprint density at radius 3 is 2.74 bits per heavy atom. The van der Waals surface area contributed by atoms with E-state index >= 15 is 0 Å². The Kier molecular flexibility index (Phi) is 3.17. The van der Waals surface area contributed by atoms with Crippen molar-refractivity contribution in [1.82, 2.24) is 10.3 Å². The van der Waals surface area contributed by atoms with Crippen LogP contribution in [-0.2, 0) is 6.42 Å². The first-order chi connectivity index (χ1) is 9.04. The number of aromatic nitrogens is 1. The van der Waals surface area contributed by atoms with Crippen molar-refractivity contribution in [2.24, 2.45) is 16.7 Å². The first-order valence-electron chi connectivity index (χ1n) is 7.67. The van der Waals surface area contributed by atoms with E-state index in [9.17, 15) is 0 Å². The van der Waals surface area contributed by atoms with Gasteiger partial charge in [-0.3, -0.25) is 4.98 Å². The Hall–Kier alpha value is -0.890. The molecule has 0 spiro atoms. The average molecular weight is 258 g/mol. The topological polar surface area (TPSA) is 24.9 Å². The van der Waals surface area contributed by atoms with Gasteiger partial charge >= 0.3 is 0 Å². The molecular weight excluding hydrogens is 232 g/mol. The van der Waals surface area contributed by atoms with E-state index < -0.39 is 0 Å². The van der Waals surface area contributed by atoms with Gasteiger partial charge in [0, 0.05) is 30.9 Å². The molecule has 2 saturated carbocycles. The molecule has 2 bridgehead atoms. The van der Waals surface area contributed by atoms with Gasteiger partial charge in [0.05, 0.1) is 0 Å². The van der Waals surface area contributed by atoms with Crippen LogP contribution >= 0.6 is 0 Å². The predicted molar refractivity (Wildman–Crippen MR) is 79.0 cm³/mol. The number of nitrogens with zero attached hydrogens (tertiary/aromatic N) is 1. The summed E-state index contributed by atoms with van der Waals surface area (Å²) in [5.74, 6) is 0.921. The van der Waals surface area contributed by atoms with Crippen LogP contribution in [0.1, 0.15) is 45.7 Å². The molecule has 2 fully saturated rings. The molecule has 0 aromatic carbocycles. The van der Waals surface area contributed by atoms with Gasteiger partial charge in [-0.05, 0) is 48.1 Å². The van der Waals surface area contributed by atoms with Gasteiger partial charge in [0.2, 0.25) is 0 Å². The molecule has 2 nitrogen and oxygen atoms in total. The maximum Gasteiger partial charge on any atom is 0.0416 e. The van der Waals surface area contributed by atoms with E-state index in [0.29, 0.717) is 16.9 Å². The van der Waals surface area contributed by atoms with E-state index in [-0.39, 0.29) is 0 Å². The van der Waals surface area contributed by atoms with Crippen molar-refractivity contribution in [2.45, 2.75) is 52.5 Å². The summed E-state index contributed by atoms with van der Waals surface area (Å²) in [6.07, 6.45) is 7.12. The highest BCUT2D eigenvalue weighted by Gasteiger charge is 2.60. The van der Waals surface area contributed by atoms with E-state index in [1.807, 2.05) is 12.3 Å². The summed E-state index contributed by atoms with van der Waals surface area (Å²) >= 11 is 0. The van der Waals surface area contributed by atoms with Crippen LogP contribution in [0.3, 0.4) is 0 Å². The van der Waals surface area contributed by atoms with Gasteiger partial charge in [0.1, 0.15) is 0 Å². The molecule has 3 atom stereocenters. The summed E-state index contributed by atoms with van der Waals surface area (Å²) in [4.78, 5) is 4.40. The van der Waals surface area contributed by atoms with Crippen molar-refractivity contribution < 1.29 is 0 Å². The quantitative estimate of drug-likeness (QED) is 0.895. The number of pyridine rings is 1. The van der Waals surface area contributed by atoms with Crippen molar-refractivity contribution in [3.63, 3.8) is 0 Å². The van der Waals surface area contributed by atoms with Gasteiger partial charge in [-0.25, -0.2) is 0 Å². The lowest BCUT2D eigenvalue weighted by Crippen LogP contribution is -2.45. The van der Waals surface area contributed by atoms with E-state index in [2.05, 4.69) is 43.2 Å². The molecule has 1 heterocycles. The maximum absolute atomic E-state index is 4.40. The fourth-order valence-electron chi connectivity index (χ4n) is 4.43. The highest BCUT2D eigenvalue weighted by Crippen LogP contribution is 2.65.